The molecule has 122 valence electrons. The van der Waals surface area contributed by atoms with Gasteiger partial charge in [-0.1, -0.05) is 0 Å². The van der Waals surface area contributed by atoms with Crippen LogP contribution in [-0.4, -0.2) is 42.3 Å². The Morgan fingerprint density at radius 1 is 1.36 bits per heavy atom. The Bertz CT molecular complexity index is 487. The molecule has 7 heteroatoms. The molecule has 0 bridgehead atoms. The number of aliphatic hydroxyl groups is 1. The van der Waals surface area contributed by atoms with Crippen LogP contribution in [0.5, 0.6) is 5.75 Å². The third-order valence-corrected chi connectivity index (χ3v) is 2.92. The number of aliphatic carboxylic acids is 1. The van der Waals surface area contributed by atoms with Crippen molar-refractivity contribution >= 4 is 17.6 Å². The van der Waals surface area contributed by atoms with Gasteiger partial charge in [-0.15, -0.1) is 0 Å². The Morgan fingerprint density at radius 2 is 2.00 bits per heavy atom. The number of hydrogen-bond acceptors (Lipinski definition) is 5. The van der Waals surface area contributed by atoms with Crippen LogP contribution in [0.1, 0.15) is 20.3 Å². The van der Waals surface area contributed by atoms with Crippen LogP contribution < -0.4 is 20.5 Å². The first-order valence-corrected chi connectivity index (χ1v) is 7.17. The number of hydrogen-bond donors (Lipinski definition) is 3. The molecule has 1 aromatic carbocycles. The van der Waals surface area contributed by atoms with Crippen LogP contribution in [0.3, 0.4) is 0 Å². The molecule has 0 aliphatic heterocycles. The fraction of sp³-hybridized carbons (Fsp3) is 0.467. The lowest BCUT2D eigenvalue weighted by atomic mass is 10.2. The molecule has 0 fully saturated rings. The molecule has 0 heterocycles. The number of ether oxygens (including phenoxy) is 1. The molecule has 1 rings (SSSR count). The van der Waals surface area contributed by atoms with E-state index in [0.29, 0.717) is 18.0 Å². The molecule has 0 saturated heterocycles. The van der Waals surface area contributed by atoms with Gasteiger partial charge in [0.1, 0.15) is 18.3 Å². The molecular weight excluding hydrogens is 288 g/mol. The smallest absolute Gasteiger partial charge is 0.230 e. The van der Waals surface area contributed by atoms with E-state index in [4.69, 9.17) is 9.84 Å². The third-order valence-electron chi connectivity index (χ3n) is 2.92. The normalized spacial score (nSPS) is 13.2. The van der Waals surface area contributed by atoms with Gasteiger partial charge in [0.05, 0.1) is 25.1 Å². The number of nitrogens with one attached hydrogen (secondary N) is 1. The van der Waals surface area contributed by atoms with Crippen LogP contribution in [-0.2, 0) is 9.59 Å². The van der Waals surface area contributed by atoms with E-state index in [9.17, 15) is 14.7 Å². The second kappa shape index (κ2) is 9.01. The Hall–Kier alpha value is -2.12. The summed E-state index contributed by atoms with van der Waals surface area (Å²) in [6.45, 7) is 4.16. The average molecular weight is 310 g/mol. The van der Waals surface area contributed by atoms with Crippen LogP contribution >= 0.6 is 0 Å². The first kappa shape index (κ1) is 17.9. The van der Waals surface area contributed by atoms with E-state index in [1.54, 1.807) is 31.2 Å². The molecule has 2 atom stereocenters. The van der Waals surface area contributed by atoms with Crippen molar-refractivity contribution in [3.63, 3.8) is 0 Å². The van der Waals surface area contributed by atoms with Gasteiger partial charge in [0.25, 0.3) is 0 Å². The van der Waals surface area contributed by atoms with E-state index in [2.05, 4.69) is 5.32 Å². The largest absolute Gasteiger partial charge is 0.544 e. The molecule has 0 unspecified atom stereocenters. The van der Waals surface area contributed by atoms with Crippen molar-refractivity contribution in [1.82, 2.24) is 0 Å². The average Bonchev–Trinajstić information content (AvgIpc) is 2.45. The van der Waals surface area contributed by atoms with Gasteiger partial charge >= 0.3 is 0 Å². The summed E-state index contributed by atoms with van der Waals surface area (Å²) in [5.41, 5.74) is 0.557. The van der Waals surface area contributed by atoms with Gasteiger partial charge in [-0.3, -0.25) is 4.79 Å². The molecule has 1 aromatic rings. The number of nitrogens with two attached hydrogens (primary N) is 1. The predicted octanol–water partition coefficient (Wildman–Crippen LogP) is -1.52. The minimum absolute atomic E-state index is 0.189. The molecule has 0 radical (unpaired) electrons. The maximum atomic E-state index is 11.9. The summed E-state index contributed by atoms with van der Waals surface area (Å²) in [6.07, 6.45) is -0.890. The van der Waals surface area contributed by atoms with E-state index in [-0.39, 0.29) is 13.0 Å². The molecule has 7 nitrogen and oxygen atoms in total. The lowest BCUT2D eigenvalue weighted by Crippen LogP contribution is -2.94. The van der Waals surface area contributed by atoms with Crippen LogP contribution in [0.4, 0.5) is 5.69 Å². The van der Waals surface area contributed by atoms with E-state index in [0.717, 1.165) is 0 Å². The minimum Gasteiger partial charge on any atom is -0.544 e. The van der Waals surface area contributed by atoms with Crippen molar-refractivity contribution < 1.29 is 29.9 Å². The van der Waals surface area contributed by atoms with Gasteiger partial charge < -0.3 is 30.4 Å². The Morgan fingerprint density at radius 3 is 2.50 bits per heavy atom. The molecule has 0 aliphatic carbocycles. The van der Waals surface area contributed by atoms with Crippen molar-refractivity contribution in [2.75, 3.05) is 18.5 Å². The van der Waals surface area contributed by atoms with Gasteiger partial charge in [-0.05, 0) is 38.1 Å². The van der Waals surface area contributed by atoms with E-state index >= 15 is 0 Å². The van der Waals surface area contributed by atoms with Gasteiger partial charge in [0.15, 0.2) is 0 Å². The Labute approximate surface area is 129 Å². The van der Waals surface area contributed by atoms with E-state index < -0.39 is 24.0 Å². The number of rotatable bonds is 9. The van der Waals surface area contributed by atoms with Crippen molar-refractivity contribution in [2.45, 2.75) is 32.4 Å². The molecule has 4 N–H and O–H groups in total. The molecule has 0 aliphatic rings. The molecule has 0 saturated carbocycles. The molecule has 22 heavy (non-hydrogen) atoms. The SMILES string of the molecule is CCOc1ccc(NC(=O)C[C@@H]([NH2+]C[C@@H](C)O)C(=O)[O-])cc1. The lowest BCUT2D eigenvalue weighted by Gasteiger charge is -2.17. The van der Waals surface area contributed by atoms with Gasteiger partial charge in [0.2, 0.25) is 5.91 Å². The summed E-state index contributed by atoms with van der Waals surface area (Å²) in [5.74, 6) is -1.07. The van der Waals surface area contributed by atoms with Crippen LogP contribution in [0, 0.1) is 0 Å². The van der Waals surface area contributed by atoms with Crippen LogP contribution in [0.25, 0.3) is 0 Å². The van der Waals surface area contributed by atoms with Gasteiger partial charge in [0, 0.05) is 5.69 Å². The van der Waals surface area contributed by atoms with Crippen molar-refractivity contribution in [3.8, 4) is 5.75 Å². The maximum Gasteiger partial charge on any atom is 0.230 e. The number of anilines is 1. The summed E-state index contributed by atoms with van der Waals surface area (Å²) in [7, 11) is 0. The van der Waals surface area contributed by atoms with Crippen molar-refractivity contribution in [2.24, 2.45) is 0 Å². The van der Waals surface area contributed by atoms with E-state index in [1.807, 2.05) is 6.92 Å². The summed E-state index contributed by atoms with van der Waals surface area (Å²) >= 11 is 0. The number of carboxylic acids is 1. The lowest BCUT2D eigenvalue weighted by molar-refractivity contribution is -0.687. The summed E-state index contributed by atoms with van der Waals surface area (Å²) in [4.78, 5) is 22.9. The molecule has 1 amide bonds. The highest BCUT2D eigenvalue weighted by Crippen LogP contribution is 2.15. The standard InChI is InChI=1S/C15H22N2O5/c1-3-22-12-6-4-11(5-7-12)17-14(19)8-13(15(20)21)16-9-10(2)18/h4-7,10,13,16,18H,3,8-9H2,1-2H3,(H,17,19)(H,20,21)/t10-,13-/m1/s1. The fourth-order valence-corrected chi connectivity index (χ4v) is 1.84. The van der Waals surface area contributed by atoms with Gasteiger partial charge in [-0.2, -0.15) is 0 Å². The zero-order valence-electron chi connectivity index (χ0n) is 12.7. The highest BCUT2D eigenvalue weighted by molar-refractivity contribution is 5.93. The third kappa shape index (κ3) is 6.55. The second-order valence-electron chi connectivity index (χ2n) is 4.96. The quantitative estimate of drug-likeness (QED) is 0.512. The zero-order valence-corrected chi connectivity index (χ0v) is 12.7. The fourth-order valence-electron chi connectivity index (χ4n) is 1.84. The predicted molar refractivity (Wildman–Crippen MR) is 78.1 cm³/mol. The second-order valence-corrected chi connectivity index (χ2v) is 4.96. The Balaban J connectivity index is 2.53. The summed E-state index contributed by atoms with van der Waals surface area (Å²) in [5, 5.41) is 24.2. The number of carbonyl (C=O) groups excluding carboxylic acids is 2. The first-order valence-electron chi connectivity index (χ1n) is 7.17. The number of carboxylic acid groups (broad SMARTS) is 1. The first-order chi connectivity index (χ1) is 10.4. The highest BCUT2D eigenvalue weighted by Gasteiger charge is 2.19. The number of benzene rings is 1. The topological polar surface area (TPSA) is 115 Å². The number of aliphatic hydroxyl groups excluding tert-OH is 1. The highest BCUT2D eigenvalue weighted by atomic mass is 16.5. The molecule has 0 spiro atoms. The summed E-state index contributed by atoms with van der Waals surface area (Å²) in [6, 6.07) is 5.76. The van der Waals surface area contributed by atoms with Crippen molar-refractivity contribution in [1.29, 1.82) is 0 Å². The summed E-state index contributed by atoms with van der Waals surface area (Å²) < 4.78 is 5.29. The van der Waals surface area contributed by atoms with Crippen LogP contribution in [0.2, 0.25) is 0 Å². The van der Waals surface area contributed by atoms with Gasteiger partial charge in [-0.25, -0.2) is 0 Å². The van der Waals surface area contributed by atoms with E-state index in [1.165, 1.54) is 5.32 Å². The van der Waals surface area contributed by atoms with Crippen LogP contribution in [0.15, 0.2) is 24.3 Å². The number of quaternary nitrogens is 1. The Kier molecular flexibility index (Phi) is 7.34. The zero-order chi connectivity index (χ0) is 16.5. The number of amides is 1. The molecular formula is C15H22N2O5. The van der Waals surface area contributed by atoms with Crippen molar-refractivity contribution in [3.05, 3.63) is 24.3 Å². The number of carbonyl (C=O) groups is 2. The monoisotopic (exact) mass is 310 g/mol. The molecule has 0 aromatic heterocycles. The maximum absolute atomic E-state index is 11.9. The minimum atomic E-state index is -1.33.